The average molecular weight is 439 g/mol. The first-order valence-electron chi connectivity index (χ1n) is 11.0. The zero-order valence-corrected chi connectivity index (χ0v) is 18.6. The van der Waals surface area contributed by atoms with Crippen molar-refractivity contribution in [2.24, 2.45) is 5.92 Å². The van der Waals surface area contributed by atoms with Crippen molar-refractivity contribution < 1.29 is 24.2 Å². The molecule has 1 aliphatic carbocycles. The fourth-order valence-electron chi connectivity index (χ4n) is 4.46. The highest BCUT2D eigenvalue weighted by Crippen LogP contribution is 2.37. The molecule has 2 aromatic rings. The van der Waals surface area contributed by atoms with Crippen molar-refractivity contribution in [3.8, 4) is 11.3 Å². The minimum Gasteiger partial charge on any atom is -0.481 e. The van der Waals surface area contributed by atoms with E-state index in [-0.39, 0.29) is 18.9 Å². The molecule has 0 spiro atoms. The van der Waals surface area contributed by atoms with Crippen LogP contribution in [0.1, 0.15) is 56.9 Å². The van der Waals surface area contributed by atoms with Gasteiger partial charge in [0.1, 0.15) is 6.29 Å². The summed E-state index contributed by atoms with van der Waals surface area (Å²) in [5.41, 5.74) is 3.62. The third-order valence-electron chi connectivity index (χ3n) is 6.26. The Morgan fingerprint density at radius 2 is 1.84 bits per heavy atom. The van der Waals surface area contributed by atoms with Crippen LogP contribution < -0.4 is 4.90 Å². The van der Waals surface area contributed by atoms with Crippen molar-refractivity contribution in [2.75, 3.05) is 12.0 Å². The lowest BCUT2D eigenvalue weighted by Crippen LogP contribution is -2.39. The molecule has 0 radical (unpaired) electrons. The van der Waals surface area contributed by atoms with Crippen molar-refractivity contribution in [3.63, 3.8) is 0 Å². The molecule has 32 heavy (non-hydrogen) atoms. The van der Waals surface area contributed by atoms with Gasteiger partial charge < -0.3 is 14.6 Å². The van der Waals surface area contributed by atoms with Crippen molar-refractivity contribution in [1.29, 1.82) is 0 Å². The van der Waals surface area contributed by atoms with Crippen molar-refractivity contribution in [2.45, 2.75) is 57.4 Å². The molecule has 1 aliphatic rings. The highest BCUT2D eigenvalue weighted by molar-refractivity contribution is 5.88. The number of hydrogen-bond donors (Lipinski definition) is 1. The third-order valence-corrected chi connectivity index (χ3v) is 6.26. The summed E-state index contributed by atoms with van der Waals surface area (Å²) < 4.78 is 4.86. The second kappa shape index (κ2) is 10.9. The number of aromatic nitrogens is 1. The fourth-order valence-corrected chi connectivity index (χ4v) is 4.46. The second-order valence-corrected chi connectivity index (χ2v) is 8.43. The number of rotatable bonds is 8. The number of carboxylic acid groups (broad SMARTS) is 1. The minimum absolute atomic E-state index is 0.205. The van der Waals surface area contributed by atoms with E-state index in [4.69, 9.17) is 9.84 Å². The number of aliphatic carboxylic acids is 1. The molecule has 0 aliphatic heterocycles. The first kappa shape index (κ1) is 23.4. The molecule has 0 bridgehead atoms. The molecule has 1 amide bonds. The molecular formula is C25H30N2O5. The van der Waals surface area contributed by atoms with Crippen LogP contribution in [-0.2, 0) is 14.3 Å². The Morgan fingerprint density at radius 3 is 2.38 bits per heavy atom. The van der Waals surface area contributed by atoms with Gasteiger partial charge in [-0.3, -0.25) is 14.7 Å². The molecule has 3 rings (SSSR count). The molecule has 1 atom stereocenters. The summed E-state index contributed by atoms with van der Waals surface area (Å²) in [5, 5.41) is 8.98. The number of carboxylic acids is 1. The smallest absolute Gasteiger partial charge is 0.414 e. The highest BCUT2D eigenvalue weighted by Gasteiger charge is 2.25. The Bertz CT molecular complexity index is 918. The topological polar surface area (TPSA) is 96.8 Å². The second-order valence-electron chi connectivity index (χ2n) is 8.43. The molecule has 7 nitrogen and oxygen atoms in total. The number of pyridine rings is 1. The number of methoxy groups -OCH3 is 1. The van der Waals surface area contributed by atoms with Gasteiger partial charge in [0.25, 0.3) is 0 Å². The van der Waals surface area contributed by atoms with Crippen LogP contribution in [0.2, 0.25) is 0 Å². The molecule has 1 aromatic heterocycles. The van der Waals surface area contributed by atoms with Gasteiger partial charge in [-0.2, -0.15) is 0 Å². The fraction of sp³-hybridized carbons (Fsp3) is 0.440. The van der Waals surface area contributed by atoms with Crippen LogP contribution >= 0.6 is 0 Å². The van der Waals surface area contributed by atoms with E-state index in [9.17, 15) is 14.4 Å². The number of amides is 1. The Balaban J connectivity index is 1.68. The number of aldehydes is 1. The number of carbonyl (C=O) groups is 3. The van der Waals surface area contributed by atoms with Crippen LogP contribution in [0.25, 0.3) is 11.3 Å². The quantitative estimate of drug-likeness (QED) is 0.580. The van der Waals surface area contributed by atoms with Gasteiger partial charge in [0.15, 0.2) is 0 Å². The van der Waals surface area contributed by atoms with Gasteiger partial charge in [-0.25, -0.2) is 4.79 Å². The predicted molar refractivity (Wildman–Crippen MR) is 122 cm³/mol. The zero-order valence-electron chi connectivity index (χ0n) is 18.6. The van der Waals surface area contributed by atoms with Crippen molar-refractivity contribution >= 4 is 24.0 Å². The molecular weight excluding hydrogens is 408 g/mol. The largest absolute Gasteiger partial charge is 0.481 e. The van der Waals surface area contributed by atoms with Crippen LogP contribution in [0, 0.1) is 5.92 Å². The Labute approximate surface area is 188 Å². The molecule has 1 saturated carbocycles. The summed E-state index contributed by atoms with van der Waals surface area (Å²) in [7, 11) is 1.31. The lowest BCUT2D eigenvalue weighted by Gasteiger charge is -2.28. The Kier molecular flexibility index (Phi) is 7.98. The van der Waals surface area contributed by atoms with Crippen molar-refractivity contribution in [1.82, 2.24) is 4.98 Å². The molecule has 170 valence electrons. The van der Waals surface area contributed by atoms with Crippen LogP contribution in [-0.4, -0.2) is 41.6 Å². The number of hydrogen-bond acceptors (Lipinski definition) is 5. The first-order chi connectivity index (χ1) is 15.4. The average Bonchev–Trinajstić information content (AvgIpc) is 2.80. The minimum atomic E-state index is -0.704. The molecule has 1 aromatic carbocycles. The van der Waals surface area contributed by atoms with E-state index in [2.05, 4.69) is 17.1 Å². The summed E-state index contributed by atoms with van der Waals surface area (Å²) in [4.78, 5) is 39.9. The predicted octanol–water partition coefficient (Wildman–Crippen LogP) is 5.05. The maximum atomic E-state index is 12.2. The summed E-state index contributed by atoms with van der Waals surface area (Å²) >= 11 is 0. The number of nitrogens with zero attached hydrogens (tertiary/aromatic N) is 2. The van der Waals surface area contributed by atoms with E-state index in [0.29, 0.717) is 17.5 Å². The summed E-state index contributed by atoms with van der Waals surface area (Å²) in [6.45, 7) is 1.78. The van der Waals surface area contributed by atoms with E-state index in [1.165, 1.54) is 17.6 Å². The lowest BCUT2D eigenvalue weighted by molar-refractivity contribution is -0.138. The van der Waals surface area contributed by atoms with E-state index in [1.807, 2.05) is 18.2 Å². The van der Waals surface area contributed by atoms with E-state index in [1.54, 1.807) is 19.2 Å². The number of benzene rings is 1. The molecule has 0 saturated heterocycles. The van der Waals surface area contributed by atoms with Crippen LogP contribution in [0.3, 0.4) is 0 Å². The van der Waals surface area contributed by atoms with Gasteiger partial charge in [0.2, 0.25) is 0 Å². The maximum Gasteiger partial charge on any atom is 0.414 e. The molecule has 1 N–H and O–H groups in total. The van der Waals surface area contributed by atoms with Crippen LogP contribution in [0.15, 0.2) is 42.6 Å². The van der Waals surface area contributed by atoms with Gasteiger partial charge in [-0.15, -0.1) is 0 Å². The highest BCUT2D eigenvalue weighted by atomic mass is 16.5. The molecule has 1 heterocycles. The summed E-state index contributed by atoms with van der Waals surface area (Å²) in [5.74, 6) is 0.0612. The SMILES string of the molecule is COC(=O)N(c1ccc(-c2ccc(C3CCC(CC(=O)O)CC3)cc2)nc1)C(C)CC=O. The van der Waals surface area contributed by atoms with Gasteiger partial charge in [0.05, 0.1) is 24.7 Å². The van der Waals surface area contributed by atoms with Gasteiger partial charge in [-0.1, -0.05) is 24.3 Å². The Hall–Kier alpha value is -3.22. The van der Waals surface area contributed by atoms with Gasteiger partial charge in [-0.05, 0) is 62.1 Å². The number of anilines is 1. The summed E-state index contributed by atoms with van der Waals surface area (Å²) in [6, 6.07) is 11.7. The zero-order chi connectivity index (χ0) is 23.1. The van der Waals surface area contributed by atoms with Gasteiger partial charge in [0, 0.05) is 24.4 Å². The van der Waals surface area contributed by atoms with Crippen LogP contribution in [0.4, 0.5) is 10.5 Å². The molecule has 7 heteroatoms. The molecule has 1 unspecified atom stereocenters. The monoisotopic (exact) mass is 438 g/mol. The van der Waals surface area contributed by atoms with E-state index in [0.717, 1.165) is 43.2 Å². The maximum absolute atomic E-state index is 12.2. The first-order valence-corrected chi connectivity index (χ1v) is 11.0. The van der Waals surface area contributed by atoms with E-state index >= 15 is 0 Å². The summed E-state index contributed by atoms with van der Waals surface area (Å²) in [6.07, 6.45) is 6.30. The number of carbonyl (C=O) groups excluding carboxylic acids is 2. The van der Waals surface area contributed by atoms with Gasteiger partial charge >= 0.3 is 12.1 Å². The normalized spacial score (nSPS) is 19.1. The lowest BCUT2D eigenvalue weighted by atomic mass is 9.77. The third kappa shape index (κ3) is 5.72. The number of ether oxygens (including phenoxy) is 1. The van der Waals surface area contributed by atoms with Crippen LogP contribution in [0.5, 0.6) is 0 Å². The van der Waals surface area contributed by atoms with Crippen molar-refractivity contribution in [3.05, 3.63) is 48.2 Å². The Morgan fingerprint density at radius 1 is 1.16 bits per heavy atom. The van der Waals surface area contributed by atoms with E-state index < -0.39 is 12.1 Å². The standard InChI is InChI=1S/C25H30N2O5/c1-17(13-14-28)27(25(31)32-2)22-11-12-23(26-16-22)21-9-7-20(8-10-21)19-5-3-18(4-6-19)15-24(29)30/h7-12,14,16-19H,3-6,13,15H2,1-2H3,(H,29,30). The molecule has 1 fully saturated rings.